The number of nitrogens with one attached hydrogen (secondary N) is 2. The van der Waals surface area contributed by atoms with Crippen LogP contribution in [0.4, 0.5) is 5.82 Å². The van der Waals surface area contributed by atoms with E-state index in [0.717, 1.165) is 5.69 Å². The molecule has 0 unspecified atom stereocenters. The molecule has 134 valence electrons. The van der Waals surface area contributed by atoms with Gasteiger partial charge in [-0.15, -0.1) is 0 Å². The Morgan fingerprint density at radius 2 is 1.85 bits per heavy atom. The van der Waals surface area contributed by atoms with E-state index in [1.54, 1.807) is 23.0 Å². The molecular weight excluding hydrogens is 387 g/mol. The lowest BCUT2D eigenvalue weighted by Gasteiger charge is -2.09. The number of amides is 1. The highest BCUT2D eigenvalue weighted by Gasteiger charge is 2.14. The standard InChI is InChI=1S/C18H12Cl2N6O/c19-11-6-7-13(15(20)8-11)18(27)25-24-16-14-9-23-26(17(14)22-10-21-16)12-4-2-1-3-5-12/h1-10H,(H,25,27)(H,21,22,24). The van der Waals surface area contributed by atoms with E-state index < -0.39 is 5.91 Å². The van der Waals surface area contributed by atoms with Crippen molar-refractivity contribution in [2.24, 2.45) is 0 Å². The number of carbonyl (C=O) groups excluding carboxylic acids is 1. The molecule has 27 heavy (non-hydrogen) atoms. The highest BCUT2D eigenvalue weighted by Crippen LogP contribution is 2.22. The number of hydrogen-bond donors (Lipinski definition) is 2. The Hall–Kier alpha value is -3.16. The van der Waals surface area contributed by atoms with Crippen molar-refractivity contribution in [1.82, 2.24) is 25.2 Å². The van der Waals surface area contributed by atoms with Crippen LogP contribution in [0.2, 0.25) is 10.0 Å². The summed E-state index contributed by atoms with van der Waals surface area (Å²) in [5, 5.41) is 5.73. The summed E-state index contributed by atoms with van der Waals surface area (Å²) >= 11 is 11.9. The Morgan fingerprint density at radius 1 is 1.04 bits per heavy atom. The zero-order valence-corrected chi connectivity index (χ0v) is 15.2. The van der Waals surface area contributed by atoms with Crippen molar-refractivity contribution in [2.45, 2.75) is 0 Å². The lowest BCUT2D eigenvalue weighted by Crippen LogP contribution is -2.30. The Kier molecular flexibility index (Phi) is 4.62. The maximum Gasteiger partial charge on any atom is 0.271 e. The lowest BCUT2D eigenvalue weighted by molar-refractivity contribution is 0.0962. The summed E-state index contributed by atoms with van der Waals surface area (Å²) in [6.45, 7) is 0. The van der Waals surface area contributed by atoms with Crippen molar-refractivity contribution in [3.8, 4) is 5.69 Å². The Morgan fingerprint density at radius 3 is 2.63 bits per heavy atom. The molecule has 2 aromatic heterocycles. The van der Waals surface area contributed by atoms with Crippen LogP contribution in [0.25, 0.3) is 16.7 Å². The van der Waals surface area contributed by atoms with E-state index in [9.17, 15) is 4.79 Å². The second-order valence-corrected chi connectivity index (χ2v) is 6.40. The highest BCUT2D eigenvalue weighted by molar-refractivity contribution is 6.36. The van der Waals surface area contributed by atoms with Crippen molar-refractivity contribution in [2.75, 3.05) is 5.43 Å². The number of fused-ring (bicyclic) bond motifs is 1. The molecule has 2 aromatic carbocycles. The van der Waals surface area contributed by atoms with E-state index >= 15 is 0 Å². The zero-order valence-electron chi connectivity index (χ0n) is 13.7. The second kappa shape index (κ2) is 7.22. The Bertz CT molecular complexity index is 1130. The number of halogens is 2. The minimum atomic E-state index is -0.418. The van der Waals surface area contributed by atoms with Crippen LogP contribution in [-0.2, 0) is 0 Å². The molecule has 4 rings (SSSR count). The van der Waals surface area contributed by atoms with Gasteiger partial charge in [0.2, 0.25) is 0 Å². The zero-order chi connectivity index (χ0) is 18.8. The first kappa shape index (κ1) is 17.3. The van der Waals surface area contributed by atoms with Crippen LogP contribution < -0.4 is 10.9 Å². The Labute approximate surface area is 163 Å². The van der Waals surface area contributed by atoms with Crippen LogP contribution in [0.1, 0.15) is 10.4 Å². The van der Waals surface area contributed by atoms with E-state index in [0.29, 0.717) is 27.4 Å². The van der Waals surface area contributed by atoms with E-state index in [-0.39, 0.29) is 5.02 Å². The molecule has 0 fully saturated rings. The number of para-hydroxylation sites is 1. The summed E-state index contributed by atoms with van der Waals surface area (Å²) in [5.41, 5.74) is 7.14. The first-order chi connectivity index (χ1) is 13.1. The first-order valence-corrected chi connectivity index (χ1v) is 8.64. The molecule has 7 nitrogen and oxygen atoms in total. The predicted octanol–water partition coefficient (Wildman–Crippen LogP) is 3.88. The number of benzene rings is 2. The number of aromatic nitrogens is 4. The third-order valence-electron chi connectivity index (χ3n) is 3.84. The molecular formula is C18H12Cl2N6O. The maximum absolute atomic E-state index is 12.3. The maximum atomic E-state index is 12.3. The fraction of sp³-hybridized carbons (Fsp3) is 0. The molecule has 2 N–H and O–H groups in total. The number of hydrogen-bond acceptors (Lipinski definition) is 5. The average Bonchev–Trinajstić information content (AvgIpc) is 3.11. The predicted molar refractivity (Wildman–Crippen MR) is 104 cm³/mol. The van der Waals surface area contributed by atoms with E-state index in [4.69, 9.17) is 23.2 Å². The minimum Gasteiger partial charge on any atom is -0.281 e. The van der Waals surface area contributed by atoms with Gasteiger partial charge < -0.3 is 0 Å². The molecule has 0 saturated carbocycles. The number of nitrogens with zero attached hydrogens (tertiary/aromatic N) is 4. The quantitative estimate of drug-likeness (QED) is 0.509. The number of rotatable bonds is 4. The monoisotopic (exact) mass is 398 g/mol. The first-order valence-electron chi connectivity index (χ1n) is 7.89. The van der Waals surface area contributed by atoms with Crippen molar-refractivity contribution in [1.29, 1.82) is 0 Å². The summed E-state index contributed by atoms with van der Waals surface area (Å²) in [5.74, 6) is -0.000466. The van der Waals surface area contributed by atoms with Gasteiger partial charge in [0.1, 0.15) is 6.33 Å². The molecule has 2 heterocycles. The topological polar surface area (TPSA) is 84.7 Å². The lowest BCUT2D eigenvalue weighted by atomic mass is 10.2. The van der Waals surface area contributed by atoms with Gasteiger partial charge in [-0.25, -0.2) is 14.6 Å². The molecule has 0 atom stereocenters. The molecule has 1 amide bonds. The molecule has 0 saturated heterocycles. The summed E-state index contributed by atoms with van der Waals surface area (Å²) in [6, 6.07) is 14.2. The van der Waals surface area contributed by atoms with Gasteiger partial charge in [-0.1, -0.05) is 41.4 Å². The third kappa shape index (κ3) is 3.42. The largest absolute Gasteiger partial charge is 0.281 e. The molecule has 0 aliphatic carbocycles. The number of hydrazine groups is 1. The SMILES string of the molecule is O=C(NNc1ncnc2c1cnn2-c1ccccc1)c1ccc(Cl)cc1Cl. The van der Waals surface area contributed by atoms with Crippen LogP contribution >= 0.6 is 23.2 Å². The molecule has 9 heteroatoms. The van der Waals surface area contributed by atoms with Gasteiger partial charge >= 0.3 is 0 Å². The summed E-state index contributed by atoms with van der Waals surface area (Å²) in [4.78, 5) is 20.8. The molecule has 4 aromatic rings. The minimum absolute atomic E-state index is 0.256. The Balaban J connectivity index is 1.60. The van der Waals surface area contributed by atoms with Crippen molar-refractivity contribution >= 4 is 46.0 Å². The fourth-order valence-corrected chi connectivity index (χ4v) is 3.05. The molecule has 0 spiro atoms. The second-order valence-electron chi connectivity index (χ2n) is 5.55. The van der Waals surface area contributed by atoms with Gasteiger partial charge in [-0.05, 0) is 30.3 Å². The van der Waals surface area contributed by atoms with Crippen LogP contribution in [0.5, 0.6) is 0 Å². The van der Waals surface area contributed by atoms with Gasteiger partial charge in [-0.2, -0.15) is 5.10 Å². The number of anilines is 1. The van der Waals surface area contributed by atoms with Crippen molar-refractivity contribution < 1.29 is 4.79 Å². The van der Waals surface area contributed by atoms with Crippen LogP contribution in [0.3, 0.4) is 0 Å². The highest BCUT2D eigenvalue weighted by atomic mass is 35.5. The van der Waals surface area contributed by atoms with Crippen LogP contribution in [0, 0.1) is 0 Å². The third-order valence-corrected chi connectivity index (χ3v) is 4.38. The van der Waals surface area contributed by atoms with E-state index in [1.807, 2.05) is 30.3 Å². The van der Waals surface area contributed by atoms with Crippen molar-refractivity contribution in [3.63, 3.8) is 0 Å². The summed E-state index contributed by atoms with van der Waals surface area (Å²) in [6.07, 6.45) is 3.03. The van der Waals surface area contributed by atoms with Gasteiger partial charge in [-0.3, -0.25) is 15.6 Å². The van der Waals surface area contributed by atoms with Gasteiger partial charge in [0.25, 0.3) is 5.91 Å². The summed E-state index contributed by atoms with van der Waals surface area (Å²) in [7, 11) is 0. The molecule has 0 aliphatic heterocycles. The van der Waals surface area contributed by atoms with Crippen LogP contribution in [0.15, 0.2) is 61.1 Å². The van der Waals surface area contributed by atoms with Crippen molar-refractivity contribution in [3.05, 3.63) is 76.7 Å². The van der Waals surface area contributed by atoms with Gasteiger partial charge in [0.15, 0.2) is 11.5 Å². The van der Waals surface area contributed by atoms with Gasteiger partial charge in [0.05, 0.1) is 27.9 Å². The molecule has 0 bridgehead atoms. The smallest absolute Gasteiger partial charge is 0.271 e. The van der Waals surface area contributed by atoms with Gasteiger partial charge in [0, 0.05) is 5.02 Å². The normalized spacial score (nSPS) is 10.7. The number of carbonyl (C=O) groups is 1. The van der Waals surface area contributed by atoms with E-state index in [2.05, 4.69) is 25.9 Å². The molecule has 0 aliphatic rings. The van der Waals surface area contributed by atoms with E-state index in [1.165, 1.54) is 12.4 Å². The average molecular weight is 399 g/mol. The summed E-state index contributed by atoms with van der Waals surface area (Å²) < 4.78 is 1.69. The van der Waals surface area contributed by atoms with Crippen LogP contribution in [-0.4, -0.2) is 25.7 Å². The fourth-order valence-electron chi connectivity index (χ4n) is 2.56. The molecule has 0 radical (unpaired) electrons.